The van der Waals surface area contributed by atoms with E-state index in [1.54, 1.807) is 0 Å². The molecular formula is C16H24F3NO. The van der Waals surface area contributed by atoms with Crippen molar-refractivity contribution in [2.75, 3.05) is 19.8 Å². The second-order valence-corrected chi connectivity index (χ2v) is 5.36. The van der Waals surface area contributed by atoms with Crippen LogP contribution in [0.25, 0.3) is 0 Å². The Hall–Kier alpha value is -1.07. The Kier molecular flexibility index (Phi) is 6.68. The molecule has 21 heavy (non-hydrogen) atoms. The highest BCUT2D eigenvalue weighted by Gasteiger charge is 2.27. The predicted octanol–water partition coefficient (Wildman–Crippen LogP) is 4.23. The lowest BCUT2D eigenvalue weighted by Crippen LogP contribution is -2.25. The third kappa shape index (κ3) is 6.06. The molecule has 0 amide bonds. The Morgan fingerprint density at radius 1 is 1.10 bits per heavy atom. The summed E-state index contributed by atoms with van der Waals surface area (Å²) in [5.41, 5.74) is 4.70. The van der Waals surface area contributed by atoms with Crippen molar-refractivity contribution in [3.63, 3.8) is 0 Å². The number of hydrogen-bond donors (Lipinski definition) is 1. The van der Waals surface area contributed by atoms with Crippen LogP contribution in [0.1, 0.15) is 41.6 Å². The van der Waals surface area contributed by atoms with Gasteiger partial charge in [0.15, 0.2) is 0 Å². The lowest BCUT2D eigenvalue weighted by atomic mass is 9.94. The standard InChI is InChI=1S/C16H24F3NO/c1-5-20-15(6-7-21-10-16(17,18)19)14-9-12(3)11(2)8-13(14)4/h8-9,15,20H,5-7,10H2,1-4H3. The van der Waals surface area contributed by atoms with E-state index in [9.17, 15) is 13.2 Å². The van der Waals surface area contributed by atoms with Crippen LogP contribution in [0.2, 0.25) is 0 Å². The van der Waals surface area contributed by atoms with E-state index in [4.69, 9.17) is 4.74 Å². The number of halogens is 3. The number of aryl methyl sites for hydroxylation is 3. The van der Waals surface area contributed by atoms with E-state index >= 15 is 0 Å². The molecule has 0 aliphatic rings. The molecule has 0 saturated heterocycles. The number of alkyl halides is 3. The quantitative estimate of drug-likeness (QED) is 0.761. The molecule has 0 aliphatic carbocycles. The number of ether oxygens (including phenoxy) is 1. The van der Waals surface area contributed by atoms with E-state index < -0.39 is 12.8 Å². The molecule has 0 radical (unpaired) electrons. The fourth-order valence-electron chi connectivity index (χ4n) is 2.36. The van der Waals surface area contributed by atoms with Crippen LogP contribution in [0.3, 0.4) is 0 Å². The molecule has 2 nitrogen and oxygen atoms in total. The van der Waals surface area contributed by atoms with Crippen LogP contribution >= 0.6 is 0 Å². The topological polar surface area (TPSA) is 21.3 Å². The van der Waals surface area contributed by atoms with Crippen molar-refractivity contribution >= 4 is 0 Å². The minimum absolute atomic E-state index is 0.0162. The van der Waals surface area contributed by atoms with Crippen LogP contribution < -0.4 is 5.32 Å². The van der Waals surface area contributed by atoms with Gasteiger partial charge in [0.1, 0.15) is 6.61 Å². The summed E-state index contributed by atoms with van der Waals surface area (Å²) in [5, 5.41) is 3.32. The first-order valence-corrected chi connectivity index (χ1v) is 7.20. The van der Waals surface area contributed by atoms with Gasteiger partial charge in [-0.25, -0.2) is 0 Å². The van der Waals surface area contributed by atoms with Crippen molar-refractivity contribution in [3.8, 4) is 0 Å². The molecule has 0 bridgehead atoms. The van der Waals surface area contributed by atoms with Crippen molar-refractivity contribution in [1.82, 2.24) is 5.32 Å². The van der Waals surface area contributed by atoms with Crippen molar-refractivity contribution < 1.29 is 17.9 Å². The maximum atomic E-state index is 12.1. The number of rotatable bonds is 7. The Morgan fingerprint density at radius 3 is 2.29 bits per heavy atom. The third-order valence-corrected chi connectivity index (χ3v) is 3.52. The smallest absolute Gasteiger partial charge is 0.372 e. The molecule has 0 aliphatic heterocycles. The summed E-state index contributed by atoms with van der Waals surface area (Å²) in [7, 11) is 0. The Balaban J connectivity index is 2.71. The third-order valence-electron chi connectivity index (χ3n) is 3.52. The van der Waals surface area contributed by atoms with Crippen LogP contribution in [0.15, 0.2) is 12.1 Å². The molecule has 1 unspecified atom stereocenters. The first-order valence-electron chi connectivity index (χ1n) is 7.20. The van der Waals surface area contributed by atoms with E-state index in [-0.39, 0.29) is 12.6 Å². The van der Waals surface area contributed by atoms with E-state index in [0.717, 1.165) is 17.7 Å². The zero-order valence-corrected chi connectivity index (χ0v) is 13.1. The maximum Gasteiger partial charge on any atom is 0.411 e. The summed E-state index contributed by atoms with van der Waals surface area (Å²) >= 11 is 0. The highest BCUT2D eigenvalue weighted by Crippen LogP contribution is 2.24. The summed E-state index contributed by atoms with van der Waals surface area (Å²) < 4.78 is 40.9. The van der Waals surface area contributed by atoms with Gasteiger partial charge >= 0.3 is 6.18 Å². The van der Waals surface area contributed by atoms with E-state index in [1.165, 1.54) is 11.1 Å². The average molecular weight is 303 g/mol. The molecule has 1 rings (SSSR count). The minimum Gasteiger partial charge on any atom is -0.372 e. The van der Waals surface area contributed by atoms with Crippen LogP contribution in [-0.4, -0.2) is 25.9 Å². The first kappa shape index (κ1) is 18.0. The van der Waals surface area contributed by atoms with Crippen molar-refractivity contribution in [2.45, 2.75) is 46.3 Å². The minimum atomic E-state index is -4.26. The van der Waals surface area contributed by atoms with Crippen molar-refractivity contribution in [3.05, 3.63) is 34.4 Å². The average Bonchev–Trinajstić information content (AvgIpc) is 2.36. The Bertz CT molecular complexity index is 458. The molecule has 1 aromatic carbocycles. The largest absolute Gasteiger partial charge is 0.411 e. The van der Waals surface area contributed by atoms with Gasteiger partial charge in [-0.2, -0.15) is 13.2 Å². The van der Waals surface area contributed by atoms with Crippen molar-refractivity contribution in [2.24, 2.45) is 0 Å². The number of benzene rings is 1. The first-order chi connectivity index (χ1) is 9.74. The molecule has 0 aromatic heterocycles. The molecule has 0 saturated carbocycles. The molecule has 120 valence electrons. The van der Waals surface area contributed by atoms with Gasteiger partial charge in [0.2, 0.25) is 0 Å². The van der Waals surface area contributed by atoms with Crippen LogP contribution in [0, 0.1) is 20.8 Å². The highest BCUT2D eigenvalue weighted by atomic mass is 19.4. The van der Waals surface area contributed by atoms with Crippen molar-refractivity contribution in [1.29, 1.82) is 0 Å². The maximum absolute atomic E-state index is 12.1. The van der Waals surface area contributed by atoms with Gasteiger partial charge < -0.3 is 10.1 Å². The molecule has 0 fully saturated rings. The Labute approximate surface area is 124 Å². The molecule has 0 heterocycles. The molecule has 1 aromatic rings. The van der Waals surface area contributed by atoms with E-state index in [1.807, 2.05) is 20.8 Å². The second-order valence-electron chi connectivity index (χ2n) is 5.36. The van der Waals surface area contributed by atoms with Gasteiger partial charge in [-0.05, 0) is 56.0 Å². The lowest BCUT2D eigenvalue weighted by molar-refractivity contribution is -0.174. The van der Waals surface area contributed by atoms with Gasteiger partial charge in [0.25, 0.3) is 0 Å². The lowest BCUT2D eigenvalue weighted by Gasteiger charge is -2.22. The van der Waals surface area contributed by atoms with Gasteiger partial charge in [-0.1, -0.05) is 19.1 Å². The summed E-state index contributed by atoms with van der Waals surface area (Å²) in [6.45, 7) is 7.78. The van der Waals surface area contributed by atoms with Crippen LogP contribution in [0.4, 0.5) is 13.2 Å². The monoisotopic (exact) mass is 303 g/mol. The molecule has 1 N–H and O–H groups in total. The predicted molar refractivity (Wildman–Crippen MR) is 78.6 cm³/mol. The second kappa shape index (κ2) is 7.80. The van der Waals surface area contributed by atoms with Gasteiger partial charge in [0, 0.05) is 12.6 Å². The zero-order chi connectivity index (χ0) is 16.0. The zero-order valence-electron chi connectivity index (χ0n) is 13.1. The van der Waals surface area contributed by atoms with Gasteiger partial charge in [-0.15, -0.1) is 0 Å². The Morgan fingerprint density at radius 2 is 1.71 bits per heavy atom. The fourth-order valence-corrected chi connectivity index (χ4v) is 2.36. The summed E-state index contributed by atoms with van der Waals surface area (Å²) in [6.07, 6.45) is -3.74. The summed E-state index contributed by atoms with van der Waals surface area (Å²) in [4.78, 5) is 0. The molecular weight excluding hydrogens is 279 g/mol. The summed E-state index contributed by atoms with van der Waals surface area (Å²) in [5.74, 6) is 0. The number of nitrogens with one attached hydrogen (secondary N) is 1. The van der Waals surface area contributed by atoms with Crippen LogP contribution in [0.5, 0.6) is 0 Å². The van der Waals surface area contributed by atoms with Gasteiger partial charge in [0.05, 0.1) is 0 Å². The summed E-state index contributed by atoms with van der Waals surface area (Å²) in [6, 6.07) is 4.25. The molecule has 5 heteroatoms. The molecule has 1 atom stereocenters. The highest BCUT2D eigenvalue weighted by molar-refractivity contribution is 5.38. The van der Waals surface area contributed by atoms with Gasteiger partial charge in [-0.3, -0.25) is 0 Å². The SMILES string of the molecule is CCNC(CCOCC(F)(F)F)c1cc(C)c(C)cc1C. The molecule has 0 spiro atoms. The normalized spacial score (nSPS) is 13.5. The fraction of sp³-hybridized carbons (Fsp3) is 0.625. The van der Waals surface area contributed by atoms with Crippen LogP contribution in [-0.2, 0) is 4.74 Å². The van der Waals surface area contributed by atoms with E-state index in [0.29, 0.717) is 6.42 Å². The number of hydrogen-bond acceptors (Lipinski definition) is 2. The van der Waals surface area contributed by atoms with E-state index in [2.05, 4.69) is 24.4 Å².